The second kappa shape index (κ2) is 15.1. The molecule has 7 heteroatoms. The molecule has 0 bridgehead atoms. The highest BCUT2D eigenvalue weighted by Gasteiger charge is 2.35. The van der Waals surface area contributed by atoms with Gasteiger partial charge < -0.3 is 20.5 Å². The predicted octanol–water partition coefficient (Wildman–Crippen LogP) is 4.14. The van der Waals surface area contributed by atoms with E-state index >= 15 is 0 Å². The van der Waals surface area contributed by atoms with Crippen molar-refractivity contribution < 1.29 is 24.2 Å². The Bertz CT molecular complexity index is 833. The maximum atomic E-state index is 13.2. The van der Waals surface area contributed by atoms with E-state index in [4.69, 9.17) is 4.74 Å². The summed E-state index contributed by atoms with van der Waals surface area (Å²) >= 11 is 0. The molecule has 1 saturated carbocycles. The fourth-order valence-corrected chi connectivity index (χ4v) is 4.43. The van der Waals surface area contributed by atoms with Crippen molar-refractivity contribution in [3.63, 3.8) is 0 Å². The standard InChI is InChI=1S/C28H40N2O5/c1-3-5-6-10-16-26(33)35-20-24(22-14-8-7-9-15-22)29-27(34)23(13-4-2)19-25(32)30-28(21-31)17-11-12-18-28/h3-4,7-9,14-15,23-24,31H,1-2,5-6,10-13,16-21H2,(H,29,34)(H,30,32)/t23-,24+/m1/s1. The molecule has 0 radical (unpaired) electrons. The Kier molecular flexibility index (Phi) is 12.2. The van der Waals surface area contributed by atoms with Crippen molar-refractivity contribution in [1.82, 2.24) is 10.6 Å². The van der Waals surface area contributed by atoms with Crippen molar-refractivity contribution in [3.8, 4) is 0 Å². The first kappa shape index (κ1) is 28.3. The van der Waals surface area contributed by atoms with E-state index < -0.39 is 17.5 Å². The Labute approximate surface area is 209 Å². The van der Waals surface area contributed by atoms with Crippen LogP contribution >= 0.6 is 0 Å². The van der Waals surface area contributed by atoms with E-state index in [0.717, 1.165) is 50.5 Å². The van der Waals surface area contributed by atoms with Crippen molar-refractivity contribution in [1.29, 1.82) is 0 Å². The lowest BCUT2D eigenvalue weighted by molar-refractivity contribution is -0.145. The normalized spacial score (nSPS) is 16.0. The highest BCUT2D eigenvalue weighted by Crippen LogP contribution is 2.29. The number of ether oxygens (including phenoxy) is 1. The molecule has 0 aliphatic heterocycles. The van der Waals surface area contributed by atoms with E-state index in [0.29, 0.717) is 12.8 Å². The van der Waals surface area contributed by atoms with Gasteiger partial charge in [-0.25, -0.2) is 0 Å². The monoisotopic (exact) mass is 484 g/mol. The molecule has 2 amide bonds. The van der Waals surface area contributed by atoms with E-state index in [1.807, 2.05) is 36.4 Å². The third kappa shape index (κ3) is 9.68. The number of benzene rings is 1. The smallest absolute Gasteiger partial charge is 0.305 e. The molecule has 192 valence electrons. The number of carbonyl (C=O) groups excluding carboxylic acids is 3. The second-order valence-electron chi connectivity index (χ2n) is 9.31. The van der Waals surface area contributed by atoms with Crippen LogP contribution in [0.3, 0.4) is 0 Å². The van der Waals surface area contributed by atoms with Gasteiger partial charge in [-0.1, -0.05) is 55.3 Å². The third-order valence-electron chi connectivity index (χ3n) is 6.49. The highest BCUT2D eigenvalue weighted by atomic mass is 16.5. The number of carbonyl (C=O) groups is 3. The summed E-state index contributed by atoms with van der Waals surface area (Å²) in [5.74, 6) is -1.49. The molecule has 0 saturated heterocycles. The SMILES string of the molecule is C=CCCCCC(=O)OC[C@H](NC(=O)[C@H](CC=C)CC(=O)NC1(CO)CCCC1)c1ccccc1. The molecule has 1 fully saturated rings. The van der Waals surface area contributed by atoms with Gasteiger partial charge in [0.1, 0.15) is 6.61 Å². The summed E-state index contributed by atoms with van der Waals surface area (Å²) in [7, 11) is 0. The number of nitrogens with one attached hydrogen (secondary N) is 2. The van der Waals surface area contributed by atoms with E-state index in [1.165, 1.54) is 0 Å². The van der Waals surface area contributed by atoms with Crippen LogP contribution in [0, 0.1) is 5.92 Å². The molecule has 1 aromatic carbocycles. The fraction of sp³-hybridized carbons (Fsp3) is 0.536. The first-order valence-corrected chi connectivity index (χ1v) is 12.6. The van der Waals surface area contributed by atoms with Crippen LogP contribution in [0.15, 0.2) is 55.6 Å². The summed E-state index contributed by atoms with van der Waals surface area (Å²) in [6.45, 7) is 7.32. The van der Waals surface area contributed by atoms with Gasteiger partial charge in [-0.2, -0.15) is 0 Å². The first-order valence-electron chi connectivity index (χ1n) is 12.6. The Morgan fingerprint density at radius 1 is 1.09 bits per heavy atom. The lowest BCUT2D eigenvalue weighted by Gasteiger charge is -2.29. The molecule has 1 aromatic rings. The largest absolute Gasteiger partial charge is 0.463 e. The fourth-order valence-electron chi connectivity index (χ4n) is 4.43. The molecule has 0 unspecified atom stereocenters. The molecule has 35 heavy (non-hydrogen) atoms. The lowest BCUT2D eigenvalue weighted by Crippen LogP contribution is -2.50. The minimum absolute atomic E-state index is 0.00972. The zero-order valence-electron chi connectivity index (χ0n) is 20.7. The van der Waals surface area contributed by atoms with Crippen LogP contribution in [-0.4, -0.2) is 41.6 Å². The third-order valence-corrected chi connectivity index (χ3v) is 6.49. The zero-order valence-corrected chi connectivity index (χ0v) is 20.7. The topological polar surface area (TPSA) is 105 Å². The van der Waals surface area contributed by atoms with Crippen LogP contribution in [0.2, 0.25) is 0 Å². The Morgan fingerprint density at radius 2 is 1.80 bits per heavy atom. The molecule has 0 heterocycles. The van der Waals surface area contributed by atoms with E-state index in [9.17, 15) is 19.5 Å². The van der Waals surface area contributed by atoms with E-state index in [-0.39, 0.29) is 37.4 Å². The first-order chi connectivity index (χ1) is 16.9. The van der Waals surface area contributed by atoms with Crippen LogP contribution in [-0.2, 0) is 19.1 Å². The van der Waals surface area contributed by atoms with Gasteiger partial charge in [-0.15, -0.1) is 13.2 Å². The van der Waals surface area contributed by atoms with Crippen LogP contribution in [0.5, 0.6) is 0 Å². The quantitative estimate of drug-likeness (QED) is 0.186. The number of amides is 2. The van der Waals surface area contributed by atoms with Gasteiger partial charge in [0.15, 0.2) is 0 Å². The molecule has 2 atom stereocenters. The van der Waals surface area contributed by atoms with Gasteiger partial charge in [0.2, 0.25) is 11.8 Å². The molecular formula is C28H40N2O5. The molecule has 1 aliphatic carbocycles. The average Bonchev–Trinajstić information content (AvgIpc) is 3.33. The average molecular weight is 485 g/mol. The van der Waals surface area contributed by atoms with Crippen molar-refractivity contribution in [2.24, 2.45) is 5.92 Å². The van der Waals surface area contributed by atoms with Crippen LogP contribution in [0.1, 0.15) is 75.8 Å². The molecule has 0 spiro atoms. The number of esters is 1. The summed E-state index contributed by atoms with van der Waals surface area (Å²) in [4.78, 5) is 38.1. The van der Waals surface area contributed by atoms with Crippen molar-refractivity contribution >= 4 is 17.8 Å². The molecule has 7 nitrogen and oxygen atoms in total. The highest BCUT2D eigenvalue weighted by molar-refractivity contribution is 5.86. The van der Waals surface area contributed by atoms with Crippen molar-refractivity contribution in [2.75, 3.05) is 13.2 Å². The summed E-state index contributed by atoms with van der Waals surface area (Å²) in [5, 5.41) is 15.7. The van der Waals surface area contributed by atoms with Gasteiger partial charge in [0, 0.05) is 12.8 Å². The van der Waals surface area contributed by atoms with Gasteiger partial charge in [0.05, 0.1) is 24.1 Å². The second-order valence-corrected chi connectivity index (χ2v) is 9.31. The van der Waals surface area contributed by atoms with Gasteiger partial charge in [0.25, 0.3) is 0 Å². The van der Waals surface area contributed by atoms with Crippen LogP contribution in [0.4, 0.5) is 0 Å². The van der Waals surface area contributed by atoms with Gasteiger partial charge >= 0.3 is 5.97 Å². The molecule has 2 rings (SSSR count). The Hall–Kier alpha value is -2.93. The minimum Gasteiger partial charge on any atom is -0.463 e. The number of aliphatic hydroxyl groups is 1. The maximum absolute atomic E-state index is 13.2. The summed E-state index contributed by atoms with van der Waals surface area (Å²) in [6, 6.07) is 8.78. The van der Waals surface area contributed by atoms with Crippen molar-refractivity contribution in [3.05, 3.63) is 61.2 Å². The van der Waals surface area contributed by atoms with E-state index in [2.05, 4.69) is 23.8 Å². The molecule has 3 N–H and O–H groups in total. The number of rotatable bonds is 16. The molecular weight excluding hydrogens is 444 g/mol. The number of hydrogen-bond acceptors (Lipinski definition) is 5. The maximum Gasteiger partial charge on any atom is 0.305 e. The molecule has 0 aromatic heterocycles. The summed E-state index contributed by atoms with van der Waals surface area (Å²) in [6.07, 6.45) is 9.93. The summed E-state index contributed by atoms with van der Waals surface area (Å²) < 4.78 is 5.47. The number of aliphatic hydroxyl groups excluding tert-OH is 1. The van der Waals surface area contributed by atoms with Crippen LogP contribution in [0.25, 0.3) is 0 Å². The lowest BCUT2D eigenvalue weighted by atomic mass is 9.95. The Balaban J connectivity index is 2.00. The van der Waals surface area contributed by atoms with Crippen molar-refractivity contribution in [2.45, 2.75) is 75.8 Å². The number of hydrogen-bond donors (Lipinski definition) is 3. The minimum atomic E-state index is -0.620. The Morgan fingerprint density at radius 3 is 2.43 bits per heavy atom. The van der Waals surface area contributed by atoms with Crippen LogP contribution < -0.4 is 10.6 Å². The van der Waals surface area contributed by atoms with E-state index in [1.54, 1.807) is 6.08 Å². The number of unbranched alkanes of at least 4 members (excludes halogenated alkanes) is 2. The van der Waals surface area contributed by atoms with Gasteiger partial charge in [-0.05, 0) is 44.1 Å². The molecule has 1 aliphatic rings. The van der Waals surface area contributed by atoms with Gasteiger partial charge in [-0.3, -0.25) is 14.4 Å². The zero-order chi connectivity index (χ0) is 25.5. The summed E-state index contributed by atoms with van der Waals surface area (Å²) in [5.41, 5.74) is 0.228. The predicted molar refractivity (Wildman–Crippen MR) is 136 cm³/mol. The number of allylic oxidation sites excluding steroid dienone is 2.